The van der Waals surface area contributed by atoms with E-state index in [2.05, 4.69) is 6.07 Å². The summed E-state index contributed by atoms with van der Waals surface area (Å²) in [6.45, 7) is 0.782. The summed E-state index contributed by atoms with van der Waals surface area (Å²) in [5, 5.41) is 1.66. The van der Waals surface area contributed by atoms with Crippen molar-refractivity contribution in [1.82, 2.24) is 4.90 Å². The van der Waals surface area contributed by atoms with Gasteiger partial charge < -0.3 is 14.6 Å². The van der Waals surface area contributed by atoms with Gasteiger partial charge in [0.1, 0.15) is 0 Å². The second kappa shape index (κ2) is 4.42. The second-order valence-electron chi connectivity index (χ2n) is 5.29. The van der Waals surface area contributed by atoms with Crippen LogP contribution in [0.15, 0.2) is 18.2 Å². The van der Waals surface area contributed by atoms with Crippen LogP contribution < -0.4 is 10.9 Å². The zero-order valence-corrected chi connectivity index (χ0v) is 11.3. The van der Waals surface area contributed by atoms with E-state index in [0.717, 1.165) is 25.1 Å². The summed E-state index contributed by atoms with van der Waals surface area (Å²) in [6.07, 6.45) is 1.65. The van der Waals surface area contributed by atoms with Crippen molar-refractivity contribution in [1.29, 1.82) is 0 Å². The Bertz CT molecular complexity index is 515. The molecule has 0 saturated carbocycles. The number of hydrazine groups is 1. The molecule has 1 aromatic carbocycles. The van der Waals surface area contributed by atoms with Crippen LogP contribution in [-0.4, -0.2) is 37.7 Å². The van der Waals surface area contributed by atoms with Crippen molar-refractivity contribution in [3.8, 4) is 0 Å². The van der Waals surface area contributed by atoms with Crippen LogP contribution in [0.2, 0.25) is 0 Å². The predicted molar refractivity (Wildman–Crippen MR) is 73.0 cm³/mol. The van der Waals surface area contributed by atoms with Crippen LogP contribution >= 0.6 is 0 Å². The van der Waals surface area contributed by atoms with E-state index in [-0.39, 0.29) is 12.1 Å². The van der Waals surface area contributed by atoms with Crippen molar-refractivity contribution in [2.24, 2.45) is 5.84 Å². The molecule has 0 bridgehead atoms. The highest BCUT2D eigenvalue weighted by molar-refractivity contribution is 5.70. The first-order valence-corrected chi connectivity index (χ1v) is 6.58. The van der Waals surface area contributed by atoms with Crippen LogP contribution in [0.5, 0.6) is 0 Å². The first-order valence-electron chi connectivity index (χ1n) is 6.58. The van der Waals surface area contributed by atoms with Crippen LogP contribution in [0.25, 0.3) is 0 Å². The Balaban J connectivity index is 1.96. The largest absolute Gasteiger partial charge is 0.453 e. The van der Waals surface area contributed by atoms with Gasteiger partial charge in [-0.05, 0) is 30.0 Å². The Kier molecular flexibility index (Phi) is 2.86. The molecule has 1 saturated heterocycles. The lowest BCUT2D eigenvalue weighted by Crippen LogP contribution is -2.36. The molecule has 0 radical (unpaired) electrons. The molecule has 5 heteroatoms. The lowest BCUT2D eigenvalue weighted by molar-refractivity contribution is 0.118. The van der Waals surface area contributed by atoms with Crippen molar-refractivity contribution in [3.05, 3.63) is 29.3 Å². The molecule has 5 nitrogen and oxygen atoms in total. The molecular weight excluding hydrogens is 242 g/mol. The molecule has 1 aliphatic carbocycles. The standard InChI is InChI=1S/C14H19N3O2/c1-16(15)12-5-3-4-9-10-6-7-17(14(18)19-2)13(10)8-11(9)12/h3-5,10,13H,6-8,15H2,1-2H3/t10-,13+/m0/s1. The Labute approximate surface area is 112 Å². The maximum absolute atomic E-state index is 11.8. The van der Waals surface area contributed by atoms with Crippen molar-refractivity contribution in [2.45, 2.75) is 24.8 Å². The third-order valence-electron chi connectivity index (χ3n) is 4.34. The molecule has 1 aliphatic heterocycles. The number of nitrogens with zero attached hydrogens (tertiary/aromatic N) is 2. The number of methoxy groups -OCH3 is 1. The summed E-state index contributed by atoms with van der Waals surface area (Å²) in [6, 6.07) is 6.46. The molecule has 0 spiro atoms. The molecule has 2 aliphatic rings. The van der Waals surface area contributed by atoms with Gasteiger partial charge in [-0.15, -0.1) is 0 Å². The van der Waals surface area contributed by atoms with Gasteiger partial charge in [-0.3, -0.25) is 0 Å². The van der Waals surface area contributed by atoms with E-state index >= 15 is 0 Å². The maximum atomic E-state index is 11.8. The molecule has 19 heavy (non-hydrogen) atoms. The van der Waals surface area contributed by atoms with Gasteiger partial charge in [0.15, 0.2) is 0 Å². The van der Waals surface area contributed by atoms with Crippen molar-refractivity contribution < 1.29 is 9.53 Å². The summed E-state index contributed by atoms with van der Waals surface area (Å²) in [5.74, 6) is 6.31. The van der Waals surface area contributed by atoms with Crippen LogP contribution in [0.4, 0.5) is 10.5 Å². The topological polar surface area (TPSA) is 58.8 Å². The second-order valence-corrected chi connectivity index (χ2v) is 5.29. The Morgan fingerprint density at radius 3 is 3.00 bits per heavy atom. The quantitative estimate of drug-likeness (QED) is 0.614. The van der Waals surface area contributed by atoms with Gasteiger partial charge in [-0.1, -0.05) is 12.1 Å². The molecule has 3 rings (SSSR count). The SMILES string of the molecule is COC(=O)N1CC[C@H]2c3cccc(N(C)N)c3C[C@H]21. The average molecular weight is 261 g/mol. The zero-order valence-electron chi connectivity index (χ0n) is 11.3. The zero-order chi connectivity index (χ0) is 13.6. The van der Waals surface area contributed by atoms with Gasteiger partial charge >= 0.3 is 6.09 Å². The number of amides is 1. The number of ether oxygens (including phenoxy) is 1. The van der Waals surface area contributed by atoms with Gasteiger partial charge in [-0.25, -0.2) is 10.6 Å². The molecule has 0 unspecified atom stereocenters. The van der Waals surface area contributed by atoms with Crippen LogP contribution in [0.1, 0.15) is 23.5 Å². The minimum Gasteiger partial charge on any atom is -0.453 e. The molecular formula is C14H19N3O2. The molecule has 0 aromatic heterocycles. The number of carbonyl (C=O) groups excluding carboxylic acids is 1. The van der Waals surface area contributed by atoms with E-state index in [4.69, 9.17) is 10.6 Å². The number of nitrogens with two attached hydrogens (primary N) is 1. The summed E-state index contributed by atoms with van der Waals surface area (Å²) < 4.78 is 4.87. The number of anilines is 1. The fourth-order valence-electron chi connectivity index (χ4n) is 3.51. The number of carbonyl (C=O) groups is 1. The minimum atomic E-state index is -0.219. The normalized spacial score (nSPS) is 24.1. The minimum absolute atomic E-state index is 0.219. The highest BCUT2D eigenvalue weighted by atomic mass is 16.5. The lowest BCUT2D eigenvalue weighted by Gasteiger charge is -2.22. The van der Waals surface area contributed by atoms with Gasteiger partial charge in [0, 0.05) is 25.6 Å². The van der Waals surface area contributed by atoms with E-state index < -0.39 is 0 Å². The van der Waals surface area contributed by atoms with Crippen molar-refractivity contribution in [2.75, 3.05) is 25.7 Å². The van der Waals surface area contributed by atoms with Crippen molar-refractivity contribution >= 4 is 11.8 Å². The van der Waals surface area contributed by atoms with Gasteiger partial charge in [0.2, 0.25) is 0 Å². The van der Waals surface area contributed by atoms with E-state index in [9.17, 15) is 4.79 Å². The highest BCUT2D eigenvalue weighted by Crippen LogP contribution is 2.45. The van der Waals surface area contributed by atoms with E-state index in [1.54, 1.807) is 5.01 Å². The third kappa shape index (κ3) is 1.76. The number of hydrogen-bond acceptors (Lipinski definition) is 4. The number of benzene rings is 1. The predicted octanol–water partition coefficient (Wildman–Crippen LogP) is 1.48. The number of likely N-dealkylation sites (tertiary alicyclic amines) is 1. The number of hydrogen-bond donors (Lipinski definition) is 1. The number of fused-ring (bicyclic) bond motifs is 3. The molecule has 1 aromatic rings. The van der Waals surface area contributed by atoms with E-state index in [1.807, 2.05) is 24.1 Å². The van der Waals surface area contributed by atoms with Gasteiger partial charge in [0.25, 0.3) is 0 Å². The van der Waals surface area contributed by atoms with Gasteiger partial charge in [-0.2, -0.15) is 0 Å². The molecule has 2 atom stereocenters. The number of rotatable bonds is 1. The molecule has 102 valence electrons. The third-order valence-corrected chi connectivity index (χ3v) is 4.34. The summed E-state index contributed by atoms with van der Waals surface area (Å²) in [5.41, 5.74) is 3.67. The Morgan fingerprint density at radius 2 is 2.32 bits per heavy atom. The lowest BCUT2D eigenvalue weighted by atomic mass is 9.98. The van der Waals surface area contributed by atoms with Crippen LogP contribution in [-0.2, 0) is 11.2 Å². The summed E-state index contributed by atoms with van der Waals surface area (Å²) in [4.78, 5) is 13.6. The molecule has 2 N–H and O–H groups in total. The molecule has 1 heterocycles. The van der Waals surface area contributed by atoms with Crippen molar-refractivity contribution in [3.63, 3.8) is 0 Å². The summed E-state index contributed by atoms with van der Waals surface area (Å²) in [7, 11) is 3.29. The maximum Gasteiger partial charge on any atom is 0.409 e. The Hall–Kier alpha value is -1.75. The fourth-order valence-corrected chi connectivity index (χ4v) is 3.51. The molecule has 1 fully saturated rings. The van der Waals surface area contributed by atoms with E-state index in [1.165, 1.54) is 18.2 Å². The smallest absolute Gasteiger partial charge is 0.409 e. The van der Waals surface area contributed by atoms with Gasteiger partial charge in [0.05, 0.1) is 12.8 Å². The average Bonchev–Trinajstić information content (AvgIpc) is 2.95. The first-order chi connectivity index (χ1) is 9.13. The summed E-state index contributed by atoms with van der Waals surface area (Å²) >= 11 is 0. The highest BCUT2D eigenvalue weighted by Gasteiger charge is 2.44. The monoisotopic (exact) mass is 261 g/mol. The first kappa shape index (κ1) is 12.3. The van der Waals surface area contributed by atoms with Crippen LogP contribution in [0.3, 0.4) is 0 Å². The van der Waals surface area contributed by atoms with Crippen LogP contribution in [0, 0.1) is 0 Å². The fraction of sp³-hybridized carbons (Fsp3) is 0.500. The Morgan fingerprint density at radius 1 is 1.53 bits per heavy atom. The van der Waals surface area contributed by atoms with E-state index in [0.29, 0.717) is 5.92 Å². The molecule has 1 amide bonds.